The highest BCUT2D eigenvalue weighted by Crippen LogP contribution is 2.32. The van der Waals surface area contributed by atoms with Gasteiger partial charge in [0, 0.05) is 62.8 Å². The molecule has 0 aliphatic carbocycles. The summed E-state index contributed by atoms with van der Waals surface area (Å²) < 4.78 is 0. The molecule has 2 aromatic rings. The predicted molar refractivity (Wildman–Crippen MR) is 114 cm³/mol. The first kappa shape index (κ1) is 20.3. The summed E-state index contributed by atoms with van der Waals surface area (Å²) in [4.78, 5) is 38.6. The minimum Gasteiger partial charge on any atom is -0.362 e. The van der Waals surface area contributed by atoms with E-state index in [1.807, 2.05) is 9.80 Å². The summed E-state index contributed by atoms with van der Waals surface area (Å²) in [5.74, 6) is 0.717. The van der Waals surface area contributed by atoms with Crippen LogP contribution in [0.25, 0.3) is 0 Å². The smallest absolute Gasteiger partial charge is 0.294 e. The van der Waals surface area contributed by atoms with E-state index < -0.39 is 4.92 Å². The molecule has 158 valence electrons. The van der Waals surface area contributed by atoms with Crippen LogP contribution in [-0.4, -0.2) is 65.0 Å². The van der Waals surface area contributed by atoms with Gasteiger partial charge in [-0.1, -0.05) is 11.6 Å². The summed E-state index contributed by atoms with van der Waals surface area (Å²) in [7, 11) is 0. The van der Waals surface area contributed by atoms with Crippen LogP contribution in [0, 0.1) is 16.0 Å². The Morgan fingerprint density at radius 1 is 1.10 bits per heavy atom. The molecule has 1 amide bonds. The highest BCUT2D eigenvalue weighted by atomic mass is 35.5. The van der Waals surface area contributed by atoms with Gasteiger partial charge in [0.05, 0.1) is 10.8 Å². The second-order valence-corrected chi connectivity index (χ2v) is 7.97. The topological polar surface area (TPSA) is 95.7 Å². The van der Waals surface area contributed by atoms with Gasteiger partial charge in [0.15, 0.2) is 0 Å². The fraction of sp³-hybridized carbons (Fsp3) is 0.450. The van der Waals surface area contributed by atoms with Gasteiger partial charge in [0.2, 0.25) is 11.9 Å². The van der Waals surface area contributed by atoms with Crippen LogP contribution in [0.5, 0.6) is 0 Å². The van der Waals surface area contributed by atoms with Crippen LogP contribution >= 0.6 is 11.6 Å². The van der Waals surface area contributed by atoms with Crippen LogP contribution in [0.15, 0.2) is 36.7 Å². The van der Waals surface area contributed by atoms with Crippen molar-refractivity contribution in [1.82, 2.24) is 14.9 Å². The molecular weight excluding hydrogens is 408 g/mol. The van der Waals surface area contributed by atoms with E-state index >= 15 is 0 Å². The summed E-state index contributed by atoms with van der Waals surface area (Å²) in [6, 6.07) is 6.48. The van der Waals surface area contributed by atoms with Crippen molar-refractivity contribution in [2.24, 2.45) is 5.92 Å². The van der Waals surface area contributed by atoms with Gasteiger partial charge in [-0.3, -0.25) is 14.9 Å². The average molecular weight is 431 g/mol. The van der Waals surface area contributed by atoms with E-state index in [4.69, 9.17) is 11.6 Å². The predicted octanol–water partition coefficient (Wildman–Crippen LogP) is 2.60. The second kappa shape index (κ2) is 8.83. The lowest BCUT2D eigenvalue weighted by atomic mass is 9.96. The first-order valence-electron chi connectivity index (χ1n) is 10.0. The molecule has 0 bridgehead atoms. The van der Waals surface area contributed by atoms with Crippen molar-refractivity contribution >= 4 is 34.8 Å². The lowest BCUT2D eigenvalue weighted by Crippen LogP contribution is -2.52. The van der Waals surface area contributed by atoms with Crippen molar-refractivity contribution in [3.63, 3.8) is 0 Å². The number of benzene rings is 1. The number of aromatic nitrogens is 2. The normalized spacial score (nSPS) is 19.6. The Labute approximate surface area is 179 Å². The first-order valence-corrected chi connectivity index (χ1v) is 10.4. The number of piperazine rings is 1. The number of nitro groups is 1. The Kier molecular flexibility index (Phi) is 5.98. The van der Waals surface area contributed by atoms with Gasteiger partial charge >= 0.3 is 0 Å². The number of piperidine rings is 1. The molecule has 10 heteroatoms. The number of carbonyl (C=O) groups is 1. The molecule has 2 saturated heterocycles. The van der Waals surface area contributed by atoms with E-state index in [1.54, 1.807) is 30.6 Å². The molecule has 0 radical (unpaired) electrons. The number of anilines is 2. The lowest BCUT2D eigenvalue weighted by molar-refractivity contribution is -0.384. The summed E-state index contributed by atoms with van der Waals surface area (Å²) in [5.41, 5.74) is 0.537. The van der Waals surface area contributed by atoms with E-state index in [-0.39, 0.29) is 17.5 Å². The number of rotatable bonds is 4. The second-order valence-electron chi connectivity index (χ2n) is 7.54. The molecule has 1 aromatic carbocycles. The van der Waals surface area contributed by atoms with E-state index in [2.05, 4.69) is 14.9 Å². The van der Waals surface area contributed by atoms with E-state index in [9.17, 15) is 14.9 Å². The lowest BCUT2D eigenvalue weighted by Gasteiger charge is -2.39. The summed E-state index contributed by atoms with van der Waals surface area (Å²) in [6.07, 6.45) is 5.20. The Morgan fingerprint density at radius 3 is 2.53 bits per heavy atom. The summed E-state index contributed by atoms with van der Waals surface area (Å²) in [6.45, 7) is 3.64. The first-order chi connectivity index (χ1) is 14.5. The molecule has 0 spiro atoms. The molecular formula is C20H23ClN6O3. The maximum absolute atomic E-state index is 13.1. The highest BCUT2D eigenvalue weighted by molar-refractivity contribution is 6.30. The number of hydrogen-bond donors (Lipinski definition) is 0. The van der Waals surface area contributed by atoms with Crippen molar-refractivity contribution in [2.75, 3.05) is 49.1 Å². The third kappa shape index (κ3) is 4.30. The van der Waals surface area contributed by atoms with E-state index in [0.29, 0.717) is 49.4 Å². The van der Waals surface area contributed by atoms with Gasteiger partial charge < -0.3 is 14.7 Å². The molecule has 2 aliphatic rings. The molecule has 2 fully saturated rings. The molecule has 1 aromatic heterocycles. The van der Waals surface area contributed by atoms with Gasteiger partial charge in [0.1, 0.15) is 5.69 Å². The zero-order valence-electron chi connectivity index (χ0n) is 16.5. The van der Waals surface area contributed by atoms with Crippen molar-refractivity contribution in [3.05, 3.63) is 51.8 Å². The standard InChI is InChI=1S/C20H23ClN6O3/c21-16-4-5-17(18(13-16)27(29)30)24-9-11-25(12-10-24)19(28)15-3-1-8-26(14-15)20-22-6-2-7-23-20/h2,4-7,13,15H,1,3,8-12,14H2. The third-order valence-corrected chi connectivity index (χ3v) is 5.91. The molecule has 2 aliphatic heterocycles. The Bertz CT molecular complexity index is 920. The van der Waals surface area contributed by atoms with Gasteiger partial charge in [0.25, 0.3) is 5.69 Å². The van der Waals surface area contributed by atoms with Crippen molar-refractivity contribution in [2.45, 2.75) is 12.8 Å². The van der Waals surface area contributed by atoms with Crippen molar-refractivity contribution in [3.8, 4) is 0 Å². The molecule has 0 saturated carbocycles. The monoisotopic (exact) mass is 430 g/mol. The maximum Gasteiger partial charge on any atom is 0.294 e. The Balaban J connectivity index is 1.38. The van der Waals surface area contributed by atoms with Crippen LogP contribution < -0.4 is 9.80 Å². The Hall–Kier alpha value is -2.94. The zero-order chi connectivity index (χ0) is 21.1. The number of nitrogens with zero attached hydrogens (tertiary/aromatic N) is 6. The minimum absolute atomic E-state index is 0.00643. The van der Waals surface area contributed by atoms with Crippen LogP contribution in [0.2, 0.25) is 5.02 Å². The third-order valence-electron chi connectivity index (χ3n) is 5.67. The fourth-order valence-electron chi connectivity index (χ4n) is 4.15. The fourth-order valence-corrected chi connectivity index (χ4v) is 4.32. The maximum atomic E-state index is 13.1. The summed E-state index contributed by atoms with van der Waals surface area (Å²) in [5, 5.41) is 11.7. The zero-order valence-corrected chi connectivity index (χ0v) is 17.2. The molecule has 0 N–H and O–H groups in total. The molecule has 1 atom stereocenters. The van der Waals surface area contributed by atoms with Crippen LogP contribution in [-0.2, 0) is 4.79 Å². The average Bonchev–Trinajstić information content (AvgIpc) is 2.79. The largest absolute Gasteiger partial charge is 0.362 e. The number of halogens is 1. The van der Waals surface area contributed by atoms with E-state index in [1.165, 1.54) is 6.07 Å². The van der Waals surface area contributed by atoms with Gasteiger partial charge in [-0.15, -0.1) is 0 Å². The van der Waals surface area contributed by atoms with Crippen LogP contribution in [0.1, 0.15) is 12.8 Å². The highest BCUT2D eigenvalue weighted by Gasteiger charge is 2.32. The molecule has 1 unspecified atom stereocenters. The van der Waals surface area contributed by atoms with Crippen molar-refractivity contribution in [1.29, 1.82) is 0 Å². The summed E-state index contributed by atoms with van der Waals surface area (Å²) >= 11 is 5.92. The SMILES string of the molecule is O=C(C1CCCN(c2ncccn2)C1)N1CCN(c2ccc(Cl)cc2[N+](=O)[O-])CC1. The number of nitro benzene ring substituents is 1. The van der Waals surface area contributed by atoms with E-state index in [0.717, 1.165) is 19.4 Å². The number of hydrogen-bond acceptors (Lipinski definition) is 7. The number of amides is 1. The number of carbonyl (C=O) groups excluding carboxylic acids is 1. The molecule has 4 rings (SSSR count). The van der Waals surface area contributed by atoms with Gasteiger partial charge in [-0.25, -0.2) is 9.97 Å². The molecule has 3 heterocycles. The van der Waals surface area contributed by atoms with Gasteiger partial charge in [-0.2, -0.15) is 0 Å². The van der Waals surface area contributed by atoms with Crippen molar-refractivity contribution < 1.29 is 9.72 Å². The minimum atomic E-state index is -0.416. The van der Waals surface area contributed by atoms with Crippen LogP contribution in [0.3, 0.4) is 0 Å². The Morgan fingerprint density at radius 2 is 1.83 bits per heavy atom. The molecule has 30 heavy (non-hydrogen) atoms. The molecule has 9 nitrogen and oxygen atoms in total. The van der Waals surface area contributed by atoms with Crippen LogP contribution in [0.4, 0.5) is 17.3 Å². The van der Waals surface area contributed by atoms with Gasteiger partial charge in [-0.05, 0) is 31.0 Å². The quantitative estimate of drug-likeness (QED) is 0.543.